The molecule has 0 spiro atoms. The number of hydrogen-bond donors (Lipinski definition) is 1. The summed E-state index contributed by atoms with van der Waals surface area (Å²) in [4.78, 5) is 25.1. The third-order valence-electron chi connectivity index (χ3n) is 3.69. The molecule has 0 aliphatic heterocycles. The Bertz CT molecular complexity index is 395. The van der Waals surface area contributed by atoms with E-state index in [1.165, 1.54) is 7.11 Å². The smallest absolute Gasteiger partial charge is 0.319 e. The van der Waals surface area contributed by atoms with E-state index in [9.17, 15) is 14.9 Å². The topological polar surface area (TPSA) is 82.4 Å². The van der Waals surface area contributed by atoms with Crippen LogP contribution in [-0.2, 0) is 14.3 Å². The van der Waals surface area contributed by atoms with Crippen LogP contribution in [0.4, 0.5) is 0 Å². The minimum absolute atomic E-state index is 0.0430. The molecule has 1 aliphatic rings. The minimum atomic E-state index is -0.717. The van der Waals surface area contributed by atoms with Crippen LogP contribution in [0.1, 0.15) is 39.5 Å². The van der Waals surface area contributed by atoms with Crippen LogP contribution in [0.5, 0.6) is 0 Å². The van der Waals surface area contributed by atoms with E-state index in [1.807, 2.05) is 13.8 Å². The Labute approximate surface area is 120 Å². The Balaban J connectivity index is 2.58. The molecule has 6 heteroatoms. The van der Waals surface area contributed by atoms with E-state index >= 15 is 0 Å². The standard InChI is InChI=1S/C14H23N3O3/c1-11(2)17(9-13(19)20-3)8-12(18)16-14(10-15)6-4-5-7-14/h11H,4-9H2,1-3H3,(H,16,18). The zero-order chi connectivity index (χ0) is 15.2. The lowest BCUT2D eigenvalue weighted by molar-refractivity contribution is -0.142. The van der Waals surface area contributed by atoms with E-state index in [4.69, 9.17) is 0 Å². The third-order valence-corrected chi connectivity index (χ3v) is 3.69. The van der Waals surface area contributed by atoms with Crippen molar-refractivity contribution in [3.8, 4) is 6.07 Å². The molecule has 0 aromatic carbocycles. The highest BCUT2D eigenvalue weighted by molar-refractivity contribution is 5.80. The van der Waals surface area contributed by atoms with E-state index in [-0.39, 0.29) is 31.0 Å². The second-order valence-electron chi connectivity index (χ2n) is 5.52. The summed E-state index contributed by atoms with van der Waals surface area (Å²) in [5.41, 5.74) is -0.717. The first kappa shape index (κ1) is 16.4. The van der Waals surface area contributed by atoms with E-state index < -0.39 is 5.54 Å². The number of nitrogens with one attached hydrogen (secondary N) is 1. The van der Waals surface area contributed by atoms with Crippen molar-refractivity contribution in [3.05, 3.63) is 0 Å². The highest BCUT2D eigenvalue weighted by Gasteiger charge is 2.35. The largest absolute Gasteiger partial charge is 0.468 e. The maximum absolute atomic E-state index is 12.1. The number of carbonyl (C=O) groups is 2. The van der Waals surface area contributed by atoms with Gasteiger partial charge in [-0.2, -0.15) is 5.26 Å². The fourth-order valence-corrected chi connectivity index (χ4v) is 2.39. The summed E-state index contributed by atoms with van der Waals surface area (Å²) in [6, 6.07) is 2.26. The summed E-state index contributed by atoms with van der Waals surface area (Å²) >= 11 is 0. The third kappa shape index (κ3) is 4.49. The van der Waals surface area contributed by atoms with Crippen molar-refractivity contribution in [3.63, 3.8) is 0 Å². The van der Waals surface area contributed by atoms with Crippen LogP contribution in [0.25, 0.3) is 0 Å². The molecule has 0 saturated heterocycles. The maximum Gasteiger partial charge on any atom is 0.319 e. The minimum Gasteiger partial charge on any atom is -0.468 e. The van der Waals surface area contributed by atoms with E-state index in [0.717, 1.165) is 12.8 Å². The van der Waals surface area contributed by atoms with Crippen LogP contribution < -0.4 is 5.32 Å². The van der Waals surface area contributed by atoms with Crippen LogP contribution in [0.15, 0.2) is 0 Å². The van der Waals surface area contributed by atoms with Crippen LogP contribution in [0, 0.1) is 11.3 Å². The molecule has 1 aliphatic carbocycles. The van der Waals surface area contributed by atoms with E-state index in [0.29, 0.717) is 12.8 Å². The second kappa shape index (κ2) is 7.25. The summed E-state index contributed by atoms with van der Waals surface area (Å²) in [5, 5.41) is 12.1. The van der Waals surface area contributed by atoms with Gasteiger partial charge in [0.05, 0.1) is 26.3 Å². The van der Waals surface area contributed by atoms with Gasteiger partial charge in [-0.25, -0.2) is 0 Å². The van der Waals surface area contributed by atoms with Gasteiger partial charge in [-0.1, -0.05) is 0 Å². The molecule has 1 fully saturated rings. The molecule has 0 atom stereocenters. The van der Waals surface area contributed by atoms with Gasteiger partial charge in [-0.05, 0) is 39.5 Å². The van der Waals surface area contributed by atoms with Gasteiger partial charge < -0.3 is 10.1 Å². The average Bonchev–Trinajstić information content (AvgIpc) is 2.86. The second-order valence-corrected chi connectivity index (χ2v) is 5.52. The molecule has 1 N–H and O–H groups in total. The van der Waals surface area contributed by atoms with Gasteiger partial charge >= 0.3 is 5.97 Å². The molecule has 112 valence electrons. The first-order valence-corrected chi connectivity index (χ1v) is 6.95. The fourth-order valence-electron chi connectivity index (χ4n) is 2.39. The molecule has 0 heterocycles. The molecule has 1 saturated carbocycles. The lowest BCUT2D eigenvalue weighted by Gasteiger charge is -2.27. The van der Waals surface area contributed by atoms with Gasteiger partial charge in [0, 0.05) is 6.04 Å². The number of rotatable bonds is 6. The fraction of sp³-hybridized carbons (Fsp3) is 0.786. The lowest BCUT2D eigenvalue weighted by atomic mass is 10.00. The molecule has 6 nitrogen and oxygen atoms in total. The Hall–Kier alpha value is -1.61. The first-order valence-electron chi connectivity index (χ1n) is 6.95. The maximum atomic E-state index is 12.1. The Morgan fingerprint density at radius 1 is 1.35 bits per heavy atom. The van der Waals surface area contributed by atoms with Crippen LogP contribution in [0.3, 0.4) is 0 Å². The summed E-state index contributed by atoms with van der Waals surface area (Å²) < 4.78 is 4.62. The monoisotopic (exact) mass is 281 g/mol. The number of nitrogens with zero attached hydrogens (tertiary/aromatic N) is 2. The molecular weight excluding hydrogens is 258 g/mol. The molecular formula is C14H23N3O3. The van der Waals surface area contributed by atoms with Gasteiger partial charge in [0.25, 0.3) is 0 Å². The lowest BCUT2D eigenvalue weighted by Crippen LogP contribution is -2.50. The summed E-state index contributed by atoms with van der Waals surface area (Å²) in [7, 11) is 1.32. The van der Waals surface area contributed by atoms with E-state index in [1.54, 1.807) is 4.90 Å². The number of ether oxygens (including phenoxy) is 1. The predicted octanol–water partition coefficient (Wildman–Crippen LogP) is 0.822. The van der Waals surface area contributed by atoms with Gasteiger partial charge in [0.2, 0.25) is 5.91 Å². The normalized spacial score (nSPS) is 17.0. The van der Waals surface area contributed by atoms with Crippen LogP contribution in [0.2, 0.25) is 0 Å². The molecule has 0 aromatic heterocycles. The van der Waals surface area contributed by atoms with Crippen molar-refractivity contribution in [2.24, 2.45) is 0 Å². The quantitative estimate of drug-likeness (QED) is 0.729. The van der Waals surface area contributed by atoms with Crippen LogP contribution in [-0.4, -0.2) is 48.6 Å². The van der Waals surface area contributed by atoms with E-state index in [2.05, 4.69) is 16.1 Å². The number of amides is 1. The number of esters is 1. The van der Waals surface area contributed by atoms with Gasteiger partial charge in [0.15, 0.2) is 0 Å². The molecule has 20 heavy (non-hydrogen) atoms. The molecule has 1 amide bonds. The first-order chi connectivity index (χ1) is 9.42. The summed E-state index contributed by atoms with van der Waals surface area (Å²) in [6.07, 6.45) is 3.33. The predicted molar refractivity (Wildman–Crippen MR) is 73.7 cm³/mol. The van der Waals surface area contributed by atoms with Crippen molar-refractivity contribution in [2.45, 2.75) is 51.1 Å². The van der Waals surface area contributed by atoms with Gasteiger partial charge in [0.1, 0.15) is 5.54 Å². The molecule has 0 unspecified atom stereocenters. The zero-order valence-electron chi connectivity index (χ0n) is 12.4. The van der Waals surface area contributed by atoms with Gasteiger partial charge in [-0.15, -0.1) is 0 Å². The Kier molecular flexibility index (Phi) is 5.96. The van der Waals surface area contributed by atoms with Gasteiger partial charge in [-0.3, -0.25) is 14.5 Å². The molecule has 1 rings (SSSR count). The van der Waals surface area contributed by atoms with Crippen molar-refractivity contribution in [1.29, 1.82) is 5.26 Å². The molecule has 0 radical (unpaired) electrons. The Morgan fingerprint density at radius 3 is 2.40 bits per heavy atom. The number of nitriles is 1. The number of carbonyl (C=O) groups excluding carboxylic acids is 2. The van der Waals surface area contributed by atoms with Crippen molar-refractivity contribution >= 4 is 11.9 Å². The highest BCUT2D eigenvalue weighted by atomic mass is 16.5. The average molecular weight is 281 g/mol. The SMILES string of the molecule is COC(=O)CN(CC(=O)NC1(C#N)CCCC1)C(C)C. The van der Waals surface area contributed by atoms with Crippen molar-refractivity contribution in [1.82, 2.24) is 10.2 Å². The zero-order valence-corrected chi connectivity index (χ0v) is 12.4. The molecule has 0 aromatic rings. The summed E-state index contributed by atoms with van der Waals surface area (Å²) in [6.45, 7) is 3.98. The van der Waals surface area contributed by atoms with Crippen molar-refractivity contribution < 1.29 is 14.3 Å². The summed E-state index contributed by atoms with van der Waals surface area (Å²) in [5.74, 6) is -0.589. The number of methoxy groups -OCH3 is 1. The Morgan fingerprint density at radius 2 is 1.95 bits per heavy atom. The number of hydrogen-bond acceptors (Lipinski definition) is 5. The van der Waals surface area contributed by atoms with Crippen molar-refractivity contribution in [2.75, 3.05) is 20.2 Å². The van der Waals surface area contributed by atoms with Crippen LogP contribution >= 0.6 is 0 Å². The molecule has 0 bridgehead atoms. The highest BCUT2D eigenvalue weighted by Crippen LogP contribution is 2.28.